The van der Waals surface area contributed by atoms with Gasteiger partial charge in [0.2, 0.25) is 0 Å². The van der Waals surface area contributed by atoms with Crippen molar-refractivity contribution in [3.63, 3.8) is 0 Å². The molecule has 1 atom stereocenters. The number of nitriles is 1. The van der Waals surface area contributed by atoms with E-state index < -0.39 is 11.0 Å². The average molecular weight is 285 g/mol. The lowest BCUT2D eigenvalue weighted by molar-refractivity contribution is -0.0721. The van der Waals surface area contributed by atoms with Crippen LogP contribution in [0.1, 0.15) is 57.6 Å². The summed E-state index contributed by atoms with van der Waals surface area (Å²) in [7, 11) is 0. The van der Waals surface area contributed by atoms with Crippen molar-refractivity contribution in [2.75, 3.05) is 0 Å². The van der Waals surface area contributed by atoms with Gasteiger partial charge in [-0.3, -0.25) is 0 Å². The predicted molar refractivity (Wildman–Crippen MR) is 85.6 cm³/mol. The molecule has 0 aromatic heterocycles. The van der Waals surface area contributed by atoms with Gasteiger partial charge in [-0.25, -0.2) is 0 Å². The molecule has 2 rings (SSSR count). The molecule has 0 radical (unpaired) electrons. The first-order valence-electron chi connectivity index (χ1n) is 8.03. The van der Waals surface area contributed by atoms with Crippen molar-refractivity contribution in [2.45, 2.75) is 59.0 Å². The second-order valence-corrected chi connectivity index (χ2v) is 7.21. The standard InChI is InChI=1S/C19H27NO/c1-14(2)16-9-11-19(13-20,12-10-16)18(4,21)17-7-5-15(3)6-8-17/h5-8,14,16,21H,9-12H2,1-4H3. The van der Waals surface area contributed by atoms with E-state index in [0.717, 1.165) is 31.2 Å². The first-order valence-corrected chi connectivity index (χ1v) is 8.03. The molecule has 114 valence electrons. The molecule has 1 aliphatic carbocycles. The minimum atomic E-state index is -1.09. The van der Waals surface area contributed by atoms with E-state index in [9.17, 15) is 10.4 Å². The van der Waals surface area contributed by atoms with E-state index in [2.05, 4.69) is 19.9 Å². The van der Waals surface area contributed by atoms with Crippen molar-refractivity contribution in [1.82, 2.24) is 0 Å². The molecule has 0 bridgehead atoms. The summed E-state index contributed by atoms with van der Waals surface area (Å²) in [5.74, 6) is 1.34. The summed E-state index contributed by atoms with van der Waals surface area (Å²) in [5, 5.41) is 21.0. The van der Waals surface area contributed by atoms with Crippen LogP contribution in [0.3, 0.4) is 0 Å². The smallest absolute Gasteiger partial charge is 0.105 e. The summed E-state index contributed by atoms with van der Waals surface area (Å²) in [5.41, 5.74) is 0.284. The Morgan fingerprint density at radius 2 is 1.76 bits per heavy atom. The Kier molecular flexibility index (Phi) is 4.44. The summed E-state index contributed by atoms with van der Waals surface area (Å²) in [6.07, 6.45) is 3.64. The number of benzene rings is 1. The van der Waals surface area contributed by atoms with E-state index in [1.807, 2.05) is 38.1 Å². The quantitative estimate of drug-likeness (QED) is 0.884. The molecule has 2 nitrogen and oxygen atoms in total. The largest absolute Gasteiger partial charge is 0.384 e. The predicted octanol–water partition coefficient (Wildman–Crippen LogP) is 4.56. The number of nitrogens with zero attached hydrogens (tertiary/aromatic N) is 1. The van der Waals surface area contributed by atoms with Gasteiger partial charge in [-0.2, -0.15) is 5.26 Å². The molecule has 1 unspecified atom stereocenters. The second kappa shape index (κ2) is 5.81. The van der Waals surface area contributed by atoms with Crippen LogP contribution < -0.4 is 0 Å². The fraction of sp³-hybridized carbons (Fsp3) is 0.632. The summed E-state index contributed by atoms with van der Waals surface area (Å²) in [6, 6.07) is 10.4. The molecule has 21 heavy (non-hydrogen) atoms. The number of aliphatic hydroxyl groups is 1. The Balaban J connectivity index is 2.28. The molecular formula is C19H27NO. The maximum absolute atomic E-state index is 11.2. The SMILES string of the molecule is Cc1ccc(C(C)(O)C2(C#N)CCC(C(C)C)CC2)cc1. The van der Waals surface area contributed by atoms with Crippen LogP contribution in [0.5, 0.6) is 0 Å². The van der Waals surface area contributed by atoms with Gasteiger partial charge in [-0.1, -0.05) is 43.7 Å². The van der Waals surface area contributed by atoms with E-state index in [4.69, 9.17) is 0 Å². The van der Waals surface area contributed by atoms with Crippen molar-refractivity contribution in [3.8, 4) is 6.07 Å². The molecule has 0 spiro atoms. The summed E-state index contributed by atoms with van der Waals surface area (Å²) in [6.45, 7) is 8.35. The first kappa shape index (κ1) is 16.0. The van der Waals surface area contributed by atoms with Gasteiger partial charge < -0.3 is 5.11 Å². The van der Waals surface area contributed by atoms with Crippen LogP contribution in [0.2, 0.25) is 0 Å². The average Bonchev–Trinajstić information content (AvgIpc) is 2.47. The van der Waals surface area contributed by atoms with Crippen LogP contribution >= 0.6 is 0 Å². The van der Waals surface area contributed by atoms with Crippen LogP contribution in [0.25, 0.3) is 0 Å². The Morgan fingerprint density at radius 1 is 1.24 bits per heavy atom. The van der Waals surface area contributed by atoms with Gasteiger partial charge in [0.25, 0.3) is 0 Å². The highest BCUT2D eigenvalue weighted by Crippen LogP contribution is 2.51. The zero-order chi connectivity index (χ0) is 15.7. The van der Waals surface area contributed by atoms with E-state index in [0.29, 0.717) is 11.8 Å². The molecule has 1 aromatic rings. The minimum Gasteiger partial charge on any atom is -0.384 e. The van der Waals surface area contributed by atoms with E-state index in [1.54, 1.807) is 0 Å². The Labute approximate surface area is 128 Å². The third kappa shape index (κ3) is 2.85. The highest BCUT2D eigenvalue weighted by Gasteiger charge is 2.50. The highest BCUT2D eigenvalue weighted by molar-refractivity contribution is 5.31. The topological polar surface area (TPSA) is 44.0 Å². The number of rotatable bonds is 3. The molecule has 0 saturated heterocycles. The van der Waals surface area contributed by atoms with E-state index >= 15 is 0 Å². The van der Waals surface area contributed by atoms with Crippen LogP contribution in [0.4, 0.5) is 0 Å². The van der Waals surface area contributed by atoms with E-state index in [1.165, 1.54) is 5.56 Å². The fourth-order valence-electron chi connectivity index (χ4n) is 3.66. The lowest BCUT2D eigenvalue weighted by Crippen LogP contribution is -2.45. The summed E-state index contributed by atoms with van der Waals surface area (Å²) < 4.78 is 0. The van der Waals surface area contributed by atoms with Gasteiger partial charge in [0.05, 0.1) is 11.5 Å². The van der Waals surface area contributed by atoms with Gasteiger partial charge in [0.15, 0.2) is 0 Å². The van der Waals surface area contributed by atoms with Gasteiger partial charge in [-0.15, -0.1) is 0 Å². The highest BCUT2D eigenvalue weighted by atomic mass is 16.3. The molecule has 2 heteroatoms. The Bertz CT molecular complexity index is 513. The van der Waals surface area contributed by atoms with Crippen molar-refractivity contribution >= 4 is 0 Å². The second-order valence-electron chi connectivity index (χ2n) is 7.21. The van der Waals surface area contributed by atoms with Crippen LogP contribution in [-0.2, 0) is 5.60 Å². The van der Waals surface area contributed by atoms with Crippen LogP contribution in [0, 0.1) is 35.5 Å². The lowest BCUT2D eigenvalue weighted by atomic mass is 9.59. The molecule has 1 aliphatic rings. The third-order valence-electron chi connectivity index (χ3n) is 5.59. The summed E-state index contributed by atoms with van der Waals surface area (Å²) >= 11 is 0. The molecule has 0 aliphatic heterocycles. The molecule has 1 aromatic carbocycles. The minimum absolute atomic E-state index is 0.658. The van der Waals surface area contributed by atoms with Crippen molar-refractivity contribution in [3.05, 3.63) is 35.4 Å². The van der Waals surface area contributed by atoms with Crippen molar-refractivity contribution in [1.29, 1.82) is 5.26 Å². The zero-order valence-electron chi connectivity index (χ0n) is 13.7. The molecule has 1 fully saturated rings. The fourth-order valence-corrected chi connectivity index (χ4v) is 3.66. The molecule has 1 N–H and O–H groups in total. The third-order valence-corrected chi connectivity index (χ3v) is 5.59. The molecular weight excluding hydrogens is 258 g/mol. The Morgan fingerprint density at radius 3 is 2.19 bits per heavy atom. The number of hydrogen-bond donors (Lipinski definition) is 1. The molecule has 0 heterocycles. The maximum Gasteiger partial charge on any atom is 0.105 e. The normalized spacial score (nSPS) is 28.9. The summed E-state index contributed by atoms with van der Waals surface area (Å²) in [4.78, 5) is 0. The Hall–Kier alpha value is -1.33. The van der Waals surface area contributed by atoms with Crippen LogP contribution in [0.15, 0.2) is 24.3 Å². The first-order chi connectivity index (χ1) is 9.82. The van der Waals surface area contributed by atoms with E-state index in [-0.39, 0.29) is 0 Å². The maximum atomic E-state index is 11.2. The number of hydrogen-bond acceptors (Lipinski definition) is 2. The van der Waals surface area contributed by atoms with Gasteiger partial charge in [0.1, 0.15) is 5.60 Å². The van der Waals surface area contributed by atoms with Crippen LogP contribution in [-0.4, -0.2) is 5.11 Å². The molecule has 0 amide bonds. The molecule has 1 saturated carbocycles. The lowest BCUT2D eigenvalue weighted by Gasteiger charge is -2.45. The van der Waals surface area contributed by atoms with Gasteiger partial charge in [-0.05, 0) is 56.9 Å². The zero-order valence-corrected chi connectivity index (χ0v) is 13.7. The number of aryl methyl sites for hydroxylation is 1. The van der Waals surface area contributed by atoms with Crippen molar-refractivity contribution < 1.29 is 5.11 Å². The van der Waals surface area contributed by atoms with Gasteiger partial charge in [0, 0.05) is 0 Å². The van der Waals surface area contributed by atoms with Crippen molar-refractivity contribution in [2.24, 2.45) is 17.3 Å². The van der Waals surface area contributed by atoms with Gasteiger partial charge >= 0.3 is 0 Å². The monoisotopic (exact) mass is 285 g/mol.